The minimum absolute atomic E-state index is 0.00551. The molecule has 1 saturated carbocycles. The highest BCUT2D eigenvalue weighted by molar-refractivity contribution is 4.98. The zero-order valence-electron chi connectivity index (χ0n) is 8.47. The molecule has 0 amide bonds. The van der Waals surface area contributed by atoms with Gasteiger partial charge in [0.05, 0.1) is 6.10 Å². The average Bonchev–Trinajstić information content (AvgIpc) is 2.82. The van der Waals surface area contributed by atoms with E-state index >= 15 is 0 Å². The first kappa shape index (κ1) is 10.0. The third-order valence-electron chi connectivity index (χ3n) is 3.19. The van der Waals surface area contributed by atoms with Crippen molar-refractivity contribution in [3.8, 4) is 0 Å². The number of hydrogen-bond acceptors (Lipinski definition) is 1. The van der Waals surface area contributed by atoms with Crippen LogP contribution in [0.3, 0.4) is 0 Å². The summed E-state index contributed by atoms with van der Waals surface area (Å²) >= 11 is 0. The third-order valence-corrected chi connectivity index (χ3v) is 3.19. The van der Waals surface area contributed by atoms with Crippen molar-refractivity contribution in [2.75, 3.05) is 0 Å². The molecule has 1 N–H and O–H groups in total. The van der Waals surface area contributed by atoms with Gasteiger partial charge in [-0.15, -0.1) is 0 Å². The van der Waals surface area contributed by atoms with Crippen LogP contribution in [0.1, 0.15) is 58.8 Å². The van der Waals surface area contributed by atoms with Crippen molar-refractivity contribution in [2.24, 2.45) is 5.41 Å². The van der Waals surface area contributed by atoms with Crippen molar-refractivity contribution < 1.29 is 5.11 Å². The Morgan fingerprint density at radius 1 is 1.25 bits per heavy atom. The van der Waals surface area contributed by atoms with Gasteiger partial charge in [-0.1, -0.05) is 33.1 Å². The summed E-state index contributed by atoms with van der Waals surface area (Å²) in [6.45, 7) is 4.38. The minimum Gasteiger partial charge on any atom is -0.393 e. The molecule has 1 nitrogen and oxygen atoms in total. The molecule has 1 unspecified atom stereocenters. The van der Waals surface area contributed by atoms with Crippen molar-refractivity contribution in [2.45, 2.75) is 64.9 Å². The van der Waals surface area contributed by atoms with Crippen LogP contribution in [0.5, 0.6) is 0 Å². The molecule has 0 aromatic heterocycles. The monoisotopic (exact) mass is 170 g/mol. The van der Waals surface area contributed by atoms with Gasteiger partial charge in [0.1, 0.15) is 0 Å². The van der Waals surface area contributed by atoms with Gasteiger partial charge in [0.2, 0.25) is 0 Å². The highest BCUT2D eigenvalue weighted by Crippen LogP contribution is 2.53. The number of unbranched alkanes of at least 4 members (excludes halogenated alkanes) is 1. The van der Waals surface area contributed by atoms with E-state index in [9.17, 15) is 5.11 Å². The van der Waals surface area contributed by atoms with Crippen molar-refractivity contribution in [1.29, 1.82) is 0 Å². The Kier molecular flexibility index (Phi) is 3.57. The molecule has 1 fully saturated rings. The molecule has 0 heterocycles. The molecular weight excluding hydrogens is 148 g/mol. The molecule has 0 aromatic carbocycles. The quantitative estimate of drug-likeness (QED) is 0.649. The molecule has 0 saturated heterocycles. The predicted molar refractivity (Wildman–Crippen MR) is 52.1 cm³/mol. The number of rotatable bonds is 6. The summed E-state index contributed by atoms with van der Waals surface area (Å²) in [5.74, 6) is 0. The van der Waals surface area contributed by atoms with E-state index in [2.05, 4.69) is 13.8 Å². The van der Waals surface area contributed by atoms with Gasteiger partial charge in [-0.2, -0.15) is 0 Å². The molecule has 1 rings (SSSR count). The number of aliphatic hydroxyl groups excluding tert-OH is 1. The molecule has 12 heavy (non-hydrogen) atoms. The zero-order valence-corrected chi connectivity index (χ0v) is 8.47. The molecule has 1 atom stereocenters. The smallest absolute Gasteiger partial charge is 0.0596 e. The third kappa shape index (κ3) is 2.22. The van der Waals surface area contributed by atoms with Gasteiger partial charge < -0.3 is 5.11 Å². The summed E-state index contributed by atoms with van der Waals surface area (Å²) in [5, 5.41) is 9.87. The van der Waals surface area contributed by atoms with Gasteiger partial charge in [-0.3, -0.25) is 0 Å². The van der Waals surface area contributed by atoms with E-state index in [1.165, 1.54) is 32.1 Å². The van der Waals surface area contributed by atoms with Crippen molar-refractivity contribution in [3.05, 3.63) is 0 Å². The van der Waals surface area contributed by atoms with Crippen LogP contribution in [0.2, 0.25) is 0 Å². The molecule has 1 aliphatic rings. The normalized spacial score (nSPS) is 22.2. The van der Waals surface area contributed by atoms with E-state index in [1.54, 1.807) is 0 Å². The van der Waals surface area contributed by atoms with Crippen LogP contribution < -0.4 is 0 Å². The van der Waals surface area contributed by atoms with Crippen LogP contribution in [0.4, 0.5) is 0 Å². The first-order valence-electron chi connectivity index (χ1n) is 5.43. The van der Waals surface area contributed by atoms with E-state index in [0.717, 1.165) is 12.8 Å². The Morgan fingerprint density at radius 2 is 1.92 bits per heavy atom. The second-order valence-corrected chi connectivity index (χ2v) is 4.27. The Hall–Kier alpha value is -0.0400. The highest BCUT2D eigenvalue weighted by atomic mass is 16.3. The van der Waals surface area contributed by atoms with Gasteiger partial charge in [0.25, 0.3) is 0 Å². The highest BCUT2D eigenvalue weighted by Gasteiger charge is 2.47. The van der Waals surface area contributed by atoms with Crippen molar-refractivity contribution in [1.82, 2.24) is 0 Å². The minimum atomic E-state index is -0.00551. The maximum atomic E-state index is 9.87. The van der Waals surface area contributed by atoms with Crippen LogP contribution in [0, 0.1) is 5.41 Å². The maximum absolute atomic E-state index is 9.87. The maximum Gasteiger partial charge on any atom is 0.0596 e. The van der Waals surface area contributed by atoms with Gasteiger partial charge in [-0.05, 0) is 31.1 Å². The van der Waals surface area contributed by atoms with Gasteiger partial charge in [0, 0.05) is 0 Å². The molecule has 0 spiro atoms. The fourth-order valence-corrected chi connectivity index (χ4v) is 2.02. The van der Waals surface area contributed by atoms with E-state index in [4.69, 9.17) is 0 Å². The lowest BCUT2D eigenvalue weighted by Gasteiger charge is -2.21. The SMILES string of the molecule is CCCCC1(C(O)CCC)CC1. The van der Waals surface area contributed by atoms with Crippen molar-refractivity contribution >= 4 is 0 Å². The molecule has 0 radical (unpaired) electrons. The van der Waals surface area contributed by atoms with E-state index in [-0.39, 0.29) is 6.10 Å². The summed E-state index contributed by atoms with van der Waals surface area (Å²) in [7, 11) is 0. The summed E-state index contributed by atoms with van der Waals surface area (Å²) in [4.78, 5) is 0. The van der Waals surface area contributed by atoms with Crippen LogP contribution in [0.15, 0.2) is 0 Å². The van der Waals surface area contributed by atoms with Gasteiger partial charge in [0.15, 0.2) is 0 Å². The van der Waals surface area contributed by atoms with Gasteiger partial charge >= 0.3 is 0 Å². The molecule has 72 valence electrons. The lowest BCUT2D eigenvalue weighted by atomic mass is 9.90. The van der Waals surface area contributed by atoms with Gasteiger partial charge in [-0.25, -0.2) is 0 Å². The molecule has 1 heteroatoms. The molecule has 0 aromatic rings. The number of hydrogen-bond donors (Lipinski definition) is 1. The van der Waals surface area contributed by atoms with Crippen LogP contribution in [-0.2, 0) is 0 Å². The predicted octanol–water partition coefficient (Wildman–Crippen LogP) is 3.12. The Balaban J connectivity index is 2.27. The molecule has 1 aliphatic carbocycles. The summed E-state index contributed by atoms with van der Waals surface area (Å²) < 4.78 is 0. The van der Waals surface area contributed by atoms with Crippen LogP contribution >= 0.6 is 0 Å². The van der Waals surface area contributed by atoms with Crippen molar-refractivity contribution in [3.63, 3.8) is 0 Å². The molecule has 0 aliphatic heterocycles. The van der Waals surface area contributed by atoms with Crippen LogP contribution in [-0.4, -0.2) is 11.2 Å². The van der Waals surface area contributed by atoms with E-state index in [1.807, 2.05) is 0 Å². The largest absolute Gasteiger partial charge is 0.393 e. The molecular formula is C11H22O. The Bertz CT molecular complexity index is 127. The first-order valence-corrected chi connectivity index (χ1v) is 5.43. The second-order valence-electron chi connectivity index (χ2n) is 4.27. The number of aliphatic hydroxyl groups is 1. The fourth-order valence-electron chi connectivity index (χ4n) is 2.02. The van der Waals surface area contributed by atoms with E-state index < -0.39 is 0 Å². The Morgan fingerprint density at radius 3 is 2.33 bits per heavy atom. The topological polar surface area (TPSA) is 20.2 Å². The first-order chi connectivity index (χ1) is 5.75. The lowest BCUT2D eigenvalue weighted by molar-refractivity contribution is 0.0768. The zero-order chi connectivity index (χ0) is 9.03. The standard InChI is InChI=1S/C11H22O/c1-3-5-7-11(8-9-11)10(12)6-4-2/h10,12H,3-9H2,1-2H3. The lowest BCUT2D eigenvalue weighted by Crippen LogP contribution is -2.21. The summed E-state index contributed by atoms with van der Waals surface area (Å²) in [5.41, 5.74) is 0.367. The molecule has 0 bridgehead atoms. The second kappa shape index (κ2) is 4.27. The summed E-state index contributed by atoms with van der Waals surface area (Å²) in [6, 6.07) is 0. The van der Waals surface area contributed by atoms with Crippen LogP contribution in [0.25, 0.3) is 0 Å². The summed E-state index contributed by atoms with van der Waals surface area (Å²) in [6.07, 6.45) is 8.47. The fraction of sp³-hybridized carbons (Fsp3) is 1.00. The average molecular weight is 170 g/mol. The van der Waals surface area contributed by atoms with E-state index in [0.29, 0.717) is 5.41 Å². The Labute approximate surface area is 76.2 Å².